The minimum Gasteiger partial charge on any atom is -0.326 e. The van der Waals surface area contributed by atoms with Crippen LogP contribution in [0, 0.1) is 6.92 Å². The molecule has 2 rings (SSSR count). The molecule has 0 unspecified atom stereocenters. The van der Waals surface area contributed by atoms with Crippen molar-refractivity contribution < 1.29 is 8.42 Å². The van der Waals surface area contributed by atoms with Gasteiger partial charge in [-0.25, -0.2) is 23.1 Å². The van der Waals surface area contributed by atoms with Gasteiger partial charge < -0.3 is 4.98 Å². The zero-order chi connectivity index (χ0) is 14.9. The van der Waals surface area contributed by atoms with Gasteiger partial charge in [-0.3, -0.25) is 4.79 Å². The van der Waals surface area contributed by atoms with E-state index in [1.54, 1.807) is 6.92 Å². The molecule has 7 nitrogen and oxygen atoms in total. The predicted octanol–water partition coefficient (Wildman–Crippen LogP) is 1.58. The van der Waals surface area contributed by atoms with Crippen molar-refractivity contribution in [1.82, 2.24) is 15.0 Å². The lowest BCUT2D eigenvalue weighted by molar-refractivity contribution is 0.600. The van der Waals surface area contributed by atoms with Crippen LogP contribution in [0.15, 0.2) is 28.0 Å². The fraction of sp³-hybridized carbons (Fsp3) is 0.100. The van der Waals surface area contributed by atoms with Gasteiger partial charge >= 0.3 is 0 Å². The summed E-state index contributed by atoms with van der Waals surface area (Å²) < 4.78 is 26.3. The summed E-state index contributed by atoms with van der Waals surface area (Å²) in [7, 11) is -3.97. The van der Waals surface area contributed by atoms with Crippen molar-refractivity contribution in [3.8, 4) is 0 Å². The fourth-order valence-corrected chi connectivity index (χ4v) is 2.76. The molecule has 106 valence electrons. The monoisotopic (exact) mass is 334 g/mol. The Morgan fingerprint density at radius 3 is 2.55 bits per heavy atom. The van der Waals surface area contributed by atoms with Gasteiger partial charge in [0.15, 0.2) is 0 Å². The van der Waals surface area contributed by atoms with Gasteiger partial charge in [0.25, 0.3) is 15.6 Å². The van der Waals surface area contributed by atoms with Gasteiger partial charge in [-0.15, -0.1) is 0 Å². The smallest absolute Gasteiger partial charge is 0.266 e. The third-order valence-electron chi connectivity index (χ3n) is 2.19. The summed E-state index contributed by atoms with van der Waals surface area (Å²) >= 11 is 11.3. The third kappa shape index (κ3) is 3.27. The number of nitrogens with one attached hydrogen (secondary N) is 2. The van der Waals surface area contributed by atoms with Gasteiger partial charge in [0, 0.05) is 11.9 Å². The largest absolute Gasteiger partial charge is 0.326 e. The summed E-state index contributed by atoms with van der Waals surface area (Å²) in [5.74, 6) is -0.169. The second-order valence-electron chi connectivity index (χ2n) is 3.77. The number of hydrogen-bond acceptors (Lipinski definition) is 5. The van der Waals surface area contributed by atoms with E-state index in [1.807, 2.05) is 0 Å². The molecular formula is C10H8Cl2N4O3S. The van der Waals surface area contributed by atoms with E-state index in [9.17, 15) is 13.2 Å². The lowest BCUT2D eigenvalue weighted by atomic mass is 10.5. The molecule has 2 aromatic rings. The Labute approximate surface area is 124 Å². The summed E-state index contributed by atoms with van der Waals surface area (Å²) in [6.07, 6.45) is 1.02. The van der Waals surface area contributed by atoms with Crippen molar-refractivity contribution in [2.24, 2.45) is 0 Å². The lowest BCUT2D eigenvalue weighted by Gasteiger charge is -2.07. The predicted molar refractivity (Wildman–Crippen MR) is 74.7 cm³/mol. The van der Waals surface area contributed by atoms with Crippen LogP contribution in [0.4, 0.5) is 5.95 Å². The highest BCUT2D eigenvalue weighted by Gasteiger charge is 2.17. The number of anilines is 1. The second kappa shape index (κ2) is 5.39. The molecule has 0 aliphatic rings. The molecule has 0 spiro atoms. The number of halogens is 2. The molecule has 10 heteroatoms. The molecular weight excluding hydrogens is 327 g/mol. The summed E-state index contributed by atoms with van der Waals surface area (Å²) in [6, 6.07) is 2.51. The Bertz CT molecular complexity index is 799. The van der Waals surface area contributed by atoms with E-state index in [1.165, 1.54) is 6.07 Å². The standard InChI is InChI=1S/C10H8Cl2N4O3S/c1-5-2-8(12)15-10(14-5)16-20(18,19)6-3-7(11)9(17)13-4-6/h2-4H,1H3,(H,13,17)(H,14,15,16). The summed E-state index contributed by atoms with van der Waals surface area (Å²) in [5.41, 5.74) is -0.0809. The molecule has 0 saturated heterocycles. The maximum absolute atomic E-state index is 12.1. The van der Waals surface area contributed by atoms with Crippen molar-refractivity contribution in [2.45, 2.75) is 11.8 Å². The first-order chi connectivity index (χ1) is 9.28. The first-order valence-corrected chi connectivity index (χ1v) is 7.44. The summed E-state index contributed by atoms with van der Waals surface area (Å²) in [4.78, 5) is 20.7. The number of nitrogens with zero attached hydrogens (tertiary/aromatic N) is 2. The van der Waals surface area contributed by atoms with E-state index in [-0.39, 0.29) is 21.0 Å². The molecule has 0 bridgehead atoms. The van der Waals surface area contributed by atoms with E-state index in [0.29, 0.717) is 5.69 Å². The van der Waals surface area contributed by atoms with Gasteiger partial charge in [0.05, 0.1) is 0 Å². The van der Waals surface area contributed by atoms with Crippen LogP contribution in [-0.4, -0.2) is 23.4 Å². The van der Waals surface area contributed by atoms with E-state index in [4.69, 9.17) is 23.2 Å². The van der Waals surface area contributed by atoms with Gasteiger partial charge in [-0.1, -0.05) is 23.2 Å². The van der Waals surface area contributed by atoms with Crippen LogP contribution in [0.5, 0.6) is 0 Å². The number of pyridine rings is 1. The maximum atomic E-state index is 12.1. The minimum atomic E-state index is -3.97. The molecule has 0 amide bonds. The number of sulfonamides is 1. The van der Waals surface area contributed by atoms with Gasteiger partial charge in [0.2, 0.25) is 5.95 Å². The highest BCUT2D eigenvalue weighted by atomic mass is 35.5. The SMILES string of the molecule is Cc1cc(Cl)nc(NS(=O)(=O)c2c[nH]c(=O)c(Cl)c2)n1. The molecule has 0 atom stereocenters. The summed E-state index contributed by atoms with van der Waals surface area (Å²) in [6.45, 7) is 1.64. The maximum Gasteiger partial charge on any atom is 0.266 e. The van der Waals surface area contributed by atoms with Gasteiger partial charge in [0.1, 0.15) is 15.1 Å². The van der Waals surface area contributed by atoms with E-state index < -0.39 is 15.6 Å². The first-order valence-electron chi connectivity index (χ1n) is 5.20. The average Bonchev–Trinajstić information content (AvgIpc) is 2.30. The molecule has 0 aliphatic heterocycles. The number of hydrogen-bond donors (Lipinski definition) is 2. The highest BCUT2D eigenvalue weighted by Crippen LogP contribution is 2.16. The topological polar surface area (TPSA) is 105 Å². The number of aromatic amines is 1. The van der Waals surface area contributed by atoms with Gasteiger partial charge in [-0.05, 0) is 19.1 Å². The summed E-state index contributed by atoms with van der Waals surface area (Å²) in [5, 5.41) is -0.134. The number of rotatable bonds is 3. The zero-order valence-electron chi connectivity index (χ0n) is 10.0. The van der Waals surface area contributed by atoms with Crippen LogP contribution < -0.4 is 10.3 Å². The normalized spacial score (nSPS) is 11.3. The molecule has 0 saturated carbocycles. The number of H-pyrrole nitrogens is 1. The van der Waals surface area contributed by atoms with Crippen LogP contribution in [0.1, 0.15) is 5.69 Å². The lowest BCUT2D eigenvalue weighted by Crippen LogP contribution is -2.17. The van der Waals surface area contributed by atoms with E-state index >= 15 is 0 Å². The first kappa shape index (κ1) is 14.8. The Balaban J connectivity index is 2.40. The average molecular weight is 335 g/mol. The van der Waals surface area contributed by atoms with E-state index in [2.05, 4.69) is 19.7 Å². The van der Waals surface area contributed by atoms with Gasteiger partial charge in [-0.2, -0.15) is 0 Å². The quantitative estimate of drug-likeness (QED) is 0.829. The second-order valence-corrected chi connectivity index (χ2v) is 6.25. The van der Waals surface area contributed by atoms with Crippen LogP contribution in [0.25, 0.3) is 0 Å². The molecule has 2 aromatic heterocycles. The zero-order valence-corrected chi connectivity index (χ0v) is 12.3. The van der Waals surface area contributed by atoms with Crippen LogP contribution in [0.2, 0.25) is 10.2 Å². The van der Waals surface area contributed by atoms with Crippen molar-refractivity contribution in [2.75, 3.05) is 4.72 Å². The molecule has 20 heavy (non-hydrogen) atoms. The van der Waals surface area contributed by atoms with Crippen LogP contribution in [0.3, 0.4) is 0 Å². The molecule has 0 aromatic carbocycles. The minimum absolute atomic E-state index is 0.106. The fourth-order valence-electron chi connectivity index (χ4n) is 1.35. The molecule has 0 radical (unpaired) electrons. The Morgan fingerprint density at radius 1 is 1.25 bits per heavy atom. The van der Waals surface area contributed by atoms with Crippen molar-refractivity contribution in [3.05, 3.63) is 44.6 Å². The molecule has 0 fully saturated rings. The van der Waals surface area contributed by atoms with Crippen LogP contribution >= 0.6 is 23.2 Å². The highest BCUT2D eigenvalue weighted by molar-refractivity contribution is 7.92. The van der Waals surface area contributed by atoms with Crippen LogP contribution in [-0.2, 0) is 10.0 Å². The number of aryl methyl sites for hydroxylation is 1. The molecule has 0 aliphatic carbocycles. The van der Waals surface area contributed by atoms with E-state index in [0.717, 1.165) is 12.3 Å². The number of aromatic nitrogens is 3. The van der Waals surface area contributed by atoms with Crippen molar-refractivity contribution in [3.63, 3.8) is 0 Å². The molecule has 2 N–H and O–H groups in total. The van der Waals surface area contributed by atoms with Crippen molar-refractivity contribution >= 4 is 39.2 Å². The third-order valence-corrected chi connectivity index (χ3v) is 3.97. The molecule has 2 heterocycles. The Morgan fingerprint density at radius 2 is 1.95 bits per heavy atom. The Hall–Kier alpha value is -1.64. The Kier molecular flexibility index (Phi) is 3.98. The van der Waals surface area contributed by atoms with Crippen molar-refractivity contribution in [1.29, 1.82) is 0 Å².